The molecule has 33 heavy (non-hydrogen) atoms. The number of carbonyl (C=O) groups excluding carboxylic acids is 2. The van der Waals surface area contributed by atoms with Gasteiger partial charge in [0, 0.05) is 23.3 Å². The summed E-state index contributed by atoms with van der Waals surface area (Å²) in [5.74, 6) is -0.725. The van der Waals surface area contributed by atoms with Crippen molar-refractivity contribution in [2.45, 2.75) is 65.6 Å². The Bertz CT molecular complexity index is 1060. The Morgan fingerprint density at radius 3 is 2.52 bits per heavy atom. The fraction of sp³-hybridized carbons (Fsp3) is 0.417. The summed E-state index contributed by atoms with van der Waals surface area (Å²) < 4.78 is 20.0. The molecule has 0 aliphatic rings. The van der Waals surface area contributed by atoms with Gasteiger partial charge in [-0.25, -0.2) is 14.2 Å². The van der Waals surface area contributed by atoms with Crippen LogP contribution in [0.5, 0.6) is 0 Å². The summed E-state index contributed by atoms with van der Waals surface area (Å²) >= 11 is 0. The SMILES string of the molecule is CC[C@@H](Nc1nc(Nc2cccc(C(C)=O)c2)c(C#N)cc1F)[C@H](C)NC(=O)OC(C)(C)C. The minimum Gasteiger partial charge on any atom is -0.444 e. The van der Waals surface area contributed by atoms with Gasteiger partial charge in [0.25, 0.3) is 0 Å². The van der Waals surface area contributed by atoms with Gasteiger partial charge in [0.15, 0.2) is 23.2 Å². The standard InChI is InChI=1S/C24H30FN5O3/c1-7-20(14(2)27-23(32)33-24(4,5)6)29-22-19(25)12-17(13-26)21(30-22)28-18-10-8-9-16(11-18)15(3)31/h8-12,14,20H,7H2,1-6H3,(H,27,32)(H2,28,29,30)/t14-,20+/m0/s1. The van der Waals surface area contributed by atoms with Crippen molar-refractivity contribution in [1.82, 2.24) is 10.3 Å². The van der Waals surface area contributed by atoms with Crippen molar-refractivity contribution in [3.63, 3.8) is 0 Å². The number of benzene rings is 1. The highest BCUT2D eigenvalue weighted by molar-refractivity contribution is 5.95. The molecule has 0 saturated carbocycles. The molecule has 9 heteroatoms. The van der Waals surface area contributed by atoms with Gasteiger partial charge in [-0.15, -0.1) is 0 Å². The van der Waals surface area contributed by atoms with Crippen molar-refractivity contribution in [3.8, 4) is 6.07 Å². The number of nitrogens with one attached hydrogen (secondary N) is 3. The number of hydrogen-bond acceptors (Lipinski definition) is 7. The molecule has 1 amide bonds. The first-order valence-electron chi connectivity index (χ1n) is 10.7. The number of halogens is 1. The van der Waals surface area contributed by atoms with Gasteiger partial charge in [-0.05, 0) is 59.2 Å². The van der Waals surface area contributed by atoms with Gasteiger partial charge < -0.3 is 20.7 Å². The first kappa shape index (κ1) is 25.6. The number of rotatable bonds is 8. The van der Waals surface area contributed by atoms with Crippen LogP contribution < -0.4 is 16.0 Å². The average Bonchev–Trinajstić information content (AvgIpc) is 2.72. The summed E-state index contributed by atoms with van der Waals surface area (Å²) in [7, 11) is 0. The largest absolute Gasteiger partial charge is 0.444 e. The van der Waals surface area contributed by atoms with E-state index in [1.54, 1.807) is 52.0 Å². The molecule has 3 N–H and O–H groups in total. The van der Waals surface area contributed by atoms with Crippen LogP contribution >= 0.6 is 0 Å². The first-order valence-corrected chi connectivity index (χ1v) is 10.7. The normalized spacial score (nSPS) is 12.8. The van der Waals surface area contributed by atoms with Gasteiger partial charge in [0.2, 0.25) is 0 Å². The first-order chi connectivity index (χ1) is 15.4. The number of hydrogen-bond donors (Lipinski definition) is 3. The number of nitrogens with zero attached hydrogens (tertiary/aromatic N) is 2. The Labute approximate surface area is 193 Å². The van der Waals surface area contributed by atoms with Crippen LogP contribution in [0.25, 0.3) is 0 Å². The number of amides is 1. The molecule has 0 saturated heterocycles. The highest BCUT2D eigenvalue weighted by Gasteiger charge is 2.23. The molecule has 8 nitrogen and oxygen atoms in total. The number of aromatic nitrogens is 1. The number of anilines is 3. The third-order valence-electron chi connectivity index (χ3n) is 4.74. The van der Waals surface area contributed by atoms with Crippen LogP contribution in [0.1, 0.15) is 63.9 Å². The van der Waals surface area contributed by atoms with Crippen molar-refractivity contribution in [2.75, 3.05) is 10.6 Å². The maximum absolute atomic E-state index is 14.7. The van der Waals surface area contributed by atoms with E-state index in [0.717, 1.165) is 6.07 Å². The third kappa shape index (κ3) is 7.45. The highest BCUT2D eigenvalue weighted by atomic mass is 19.1. The number of Topliss-reactive ketones (excluding diaryl/α,β-unsaturated/α-hetero) is 1. The summed E-state index contributed by atoms with van der Waals surface area (Å²) in [6.07, 6.45) is -0.0159. The summed E-state index contributed by atoms with van der Waals surface area (Å²) in [5, 5.41) is 18.2. The lowest BCUT2D eigenvalue weighted by atomic mass is 10.1. The maximum Gasteiger partial charge on any atom is 0.407 e. The zero-order valence-electron chi connectivity index (χ0n) is 19.7. The van der Waals surface area contributed by atoms with E-state index in [4.69, 9.17) is 4.74 Å². The third-order valence-corrected chi connectivity index (χ3v) is 4.74. The monoisotopic (exact) mass is 455 g/mol. The van der Waals surface area contributed by atoms with Gasteiger partial charge in [-0.1, -0.05) is 19.1 Å². The minimum atomic E-state index is -0.697. The Hall–Kier alpha value is -3.67. The Morgan fingerprint density at radius 2 is 1.94 bits per heavy atom. The summed E-state index contributed by atoms with van der Waals surface area (Å²) in [5.41, 5.74) is 0.405. The molecular formula is C24H30FN5O3. The molecule has 0 fully saturated rings. The lowest BCUT2D eigenvalue weighted by Gasteiger charge is -2.27. The van der Waals surface area contributed by atoms with E-state index in [1.807, 2.05) is 13.0 Å². The molecular weight excluding hydrogens is 425 g/mol. The van der Waals surface area contributed by atoms with Crippen LogP contribution in [0, 0.1) is 17.1 Å². The Balaban J connectivity index is 2.26. The Kier molecular flexibility index (Phi) is 8.35. The van der Waals surface area contributed by atoms with Crippen molar-refractivity contribution >= 4 is 29.2 Å². The lowest BCUT2D eigenvalue weighted by molar-refractivity contribution is 0.0503. The quantitative estimate of drug-likeness (QED) is 0.472. The number of ether oxygens (including phenoxy) is 1. The lowest BCUT2D eigenvalue weighted by Crippen LogP contribution is -2.46. The molecule has 2 aromatic rings. The predicted octanol–water partition coefficient (Wildman–Crippen LogP) is 5.14. The van der Waals surface area contributed by atoms with Crippen LogP contribution in [0.4, 0.5) is 26.5 Å². The van der Waals surface area contributed by atoms with Gasteiger partial charge in [0.05, 0.1) is 5.56 Å². The van der Waals surface area contributed by atoms with E-state index in [2.05, 4.69) is 20.9 Å². The molecule has 1 heterocycles. The van der Waals surface area contributed by atoms with Crippen molar-refractivity contribution in [1.29, 1.82) is 5.26 Å². The van der Waals surface area contributed by atoms with Crippen molar-refractivity contribution in [2.24, 2.45) is 0 Å². The summed E-state index contributed by atoms with van der Waals surface area (Å²) in [6, 6.07) is 8.98. The van der Waals surface area contributed by atoms with Crippen LogP contribution in [0.15, 0.2) is 30.3 Å². The van der Waals surface area contributed by atoms with Crippen molar-refractivity contribution < 1.29 is 18.7 Å². The van der Waals surface area contributed by atoms with E-state index >= 15 is 0 Å². The van der Waals surface area contributed by atoms with Crippen LogP contribution in [0.2, 0.25) is 0 Å². The molecule has 2 rings (SSSR count). The van der Waals surface area contributed by atoms with E-state index in [-0.39, 0.29) is 29.0 Å². The maximum atomic E-state index is 14.7. The molecule has 2 atom stereocenters. The van der Waals surface area contributed by atoms with Crippen LogP contribution in [-0.4, -0.2) is 34.5 Å². The molecule has 1 aromatic heterocycles. The van der Waals surface area contributed by atoms with E-state index < -0.39 is 23.6 Å². The Morgan fingerprint density at radius 1 is 1.24 bits per heavy atom. The average molecular weight is 456 g/mol. The molecule has 0 unspecified atom stereocenters. The minimum absolute atomic E-state index is 0.0132. The van der Waals surface area contributed by atoms with Crippen LogP contribution in [-0.2, 0) is 4.74 Å². The summed E-state index contributed by atoms with van der Waals surface area (Å²) in [4.78, 5) is 28.0. The fourth-order valence-electron chi connectivity index (χ4n) is 3.07. The predicted molar refractivity (Wildman–Crippen MR) is 125 cm³/mol. The van der Waals surface area contributed by atoms with Gasteiger partial charge in [-0.2, -0.15) is 5.26 Å². The molecule has 0 aliphatic carbocycles. The van der Waals surface area contributed by atoms with E-state index in [0.29, 0.717) is 17.7 Å². The number of nitriles is 1. The number of pyridine rings is 1. The zero-order valence-corrected chi connectivity index (χ0v) is 19.7. The summed E-state index contributed by atoms with van der Waals surface area (Å²) in [6.45, 7) is 10.4. The van der Waals surface area contributed by atoms with E-state index in [1.165, 1.54) is 6.92 Å². The molecule has 0 spiro atoms. The van der Waals surface area contributed by atoms with Crippen LogP contribution in [0.3, 0.4) is 0 Å². The van der Waals surface area contributed by atoms with Gasteiger partial charge in [0.1, 0.15) is 11.7 Å². The number of carbonyl (C=O) groups is 2. The van der Waals surface area contributed by atoms with Gasteiger partial charge >= 0.3 is 6.09 Å². The molecule has 0 aliphatic heterocycles. The number of ketones is 1. The highest BCUT2D eigenvalue weighted by Crippen LogP contribution is 2.25. The van der Waals surface area contributed by atoms with E-state index in [9.17, 15) is 19.2 Å². The fourth-order valence-corrected chi connectivity index (χ4v) is 3.07. The molecule has 0 bridgehead atoms. The molecule has 0 radical (unpaired) electrons. The van der Waals surface area contributed by atoms with Crippen molar-refractivity contribution in [3.05, 3.63) is 47.3 Å². The molecule has 176 valence electrons. The smallest absolute Gasteiger partial charge is 0.407 e. The zero-order chi connectivity index (χ0) is 24.8. The second-order valence-electron chi connectivity index (χ2n) is 8.68. The number of alkyl carbamates (subject to hydrolysis) is 1. The topological polar surface area (TPSA) is 116 Å². The molecule has 1 aromatic carbocycles. The van der Waals surface area contributed by atoms with Gasteiger partial charge in [-0.3, -0.25) is 4.79 Å². The second-order valence-corrected chi connectivity index (χ2v) is 8.68. The second kappa shape index (κ2) is 10.8.